The monoisotopic (exact) mass is 226 g/mol. The van der Waals surface area contributed by atoms with Gasteiger partial charge in [0, 0.05) is 0 Å². The van der Waals surface area contributed by atoms with Gasteiger partial charge in [0.25, 0.3) is 0 Å². The lowest BCUT2D eigenvalue weighted by Crippen LogP contribution is -1.95. The summed E-state index contributed by atoms with van der Waals surface area (Å²) >= 11 is 4.37. The van der Waals surface area contributed by atoms with Crippen molar-refractivity contribution in [3.05, 3.63) is 11.5 Å². The highest BCUT2D eigenvalue weighted by atomic mass is 127. The predicted molar refractivity (Wildman–Crippen MR) is 43.7 cm³/mol. The molecular weight excluding hydrogens is 219 g/mol. The molecule has 1 heterocycles. The van der Waals surface area contributed by atoms with E-state index < -0.39 is 0 Å². The Morgan fingerprint density at radius 2 is 2.43 bits per heavy atom. The Kier molecular flexibility index (Phi) is 2.04. The van der Waals surface area contributed by atoms with Gasteiger partial charge < -0.3 is 0 Å². The number of allylic oxidation sites excluding steroid dienone is 1. The molecule has 0 aromatic carbocycles. The van der Waals surface area contributed by atoms with Gasteiger partial charge in [0.05, 0.1) is 3.26 Å². The van der Waals surface area contributed by atoms with E-state index in [2.05, 4.69) is 41.0 Å². The van der Waals surface area contributed by atoms with E-state index in [-0.39, 0.29) is 0 Å². The minimum absolute atomic E-state index is 0.783. The van der Waals surface area contributed by atoms with Crippen molar-refractivity contribution >= 4 is 34.4 Å². The average Bonchev–Trinajstić information content (AvgIpc) is 1.91. The molecule has 0 fully saturated rings. The highest BCUT2D eigenvalue weighted by Crippen LogP contribution is 2.33. The molecule has 0 saturated carbocycles. The fraction of sp³-hybridized carbons (Fsp3) is 0.600. The largest absolute Gasteiger partial charge is 0.120 e. The van der Waals surface area contributed by atoms with Crippen LogP contribution in [0, 0.1) is 5.92 Å². The Morgan fingerprint density at radius 3 is 2.57 bits per heavy atom. The normalized spacial score (nSPS) is 39.7. The SMILES string of the molecule is CC1C=CSC1I. The van der Waals surface area contributed by atoms with Crippen molar-refractivity contribution < 1.29 is 0 Å². The number of alkyl halides is 1. The van der Waals surface area contributed by atoms with Crippen molar-refractivity contribution in [2.75, 3.05) is 0 Å². The Labute approximate surface area is 61.9 Å². The molecule has 0 aromatic heterocycles. The maximum Gasteiger partial charge on any atom is 0.0665 e. The molecule has 2 heteroatoms. The molecule has 1 rings (SSSR count). The number of hydrogen-bond acceptors (Lipinski definition) is 1. The third-order valence-corrected chi connectivity index (χ3v) is 4.02. The molecule has 0 nitrogen and oxygen atoms in total. The molecule has 0 amide bonds. The van der Waals surface area contributed by atoms with Gasteiger partial charge >= 0.3 is 0 Å². The van der Waals surface area contributed by atoms with Gasteiger partial charge in [-0.15, -0.1) is 11.8 Å². The summed E-state index contributed by atoms with van der Waals surface area (Å²) in [6, 6.07) is 0. The second kappa shape index (κ2) is 2.40. The van der Waals surface area contributed by atoms with Gasteiger partial charge in [0.2, 0.25) is 0 Å². The molecule has 1 aliphatic heterocycles. The smallest absolute Gasteiger partial charge is 0.0665 e. The second-order valence-electron chi connectivity index (χ2n) is 1.67. The van der Waals surface area contributed by atoms with Gasteiger partial charge in [-0.05, 0) is 11.3 Å². The van der Waals surface area contributed by atoms with Crippen molar-refractivity contribution in [2.24, 2.45) is 5.92 Å². The van der Waals surface area contributed by atoms with E-state index in [1.165, 1.54) is 0 Å². The first kappa shape index (κ1) is 5.95. The summed E-state index contributed by atoms with van der Waals surface area (Å²) in [6.07, 6.45) is 2.25. The standard InChI is InChI=1S/C5H7IS/c1-4-2-3-7-5(4)6/h2-5H,1H3. The molecular formula is C5H7IS. The third-order valence-electron chi connectivity index (χ3n) is 1.00. The molecule has 2 unspecified atom stereocenters. The van der Waals surface area contributed by atoms with Gasteiger partial charge in [0.15, 0.2) is 0 Å². The molecule has 7 heavy (non-hydrogen) atoms. The van der Waals surface area contributed by atoms with E-state index in [0.29, 0.717) is 0 Å². The summed E-state index contributed by atoms with van der Waals surface area (Å²) in [5.41, 5.74) is 0. The Hall–Kier alpha value is 0.820. The van der Waals surface area contributed by atoms with Crippen molar-refractivity contribution in [1.29, 1.82) is 0 Å². The molecule has 0 aromatic rings. The molecule has 1 aliphatic rings. The molecule has 0 saturated heterocycles. The number of thioether (sulfide) groups is 1. The zero-order chi connectivity index (χ0) is 5.28. The summed E-state index contributed by atoms with van der Waals surface area (Å²) in [7, 11) is 0. The number of halogens is 1. The summed E-state index contributed by atoms with van der Waals surface area (Å²) in [5.74, 6) is 0.783. The first-order valence-electron chi connectivity index (χ1n) is 2.27. The van der Waals surface area contributed by atoms with Gasteiger partial charge in [-0.1, -0.05) is 35.6 Å². The van der Waals surface area contributed by atoms with Crippen LogP contribution in [0.3, 0.4) is 0 Å². The first-order chi connectivity index (χ1) is 3.30. The van der Waals surface area contributed by atoms with Crippen LogP contribution in [0.4, 0.5) is 0 Å². The molecule has 0 radical (unpaired) electrons. The van der Waals surface area contributed by atoms with Gasteiger partial charge in [-0.25, -0.2) is 0 Å². The van der Waals surface area contributed by atoms with Gasteiger partial charge in [-0.3, -0.25) is 0 Å². The second-order valence-corrected chi connectivity index (χ2v) is 4.91. The zero-order valence-electron chi connectivity index (χ0n) is 4.10. The van der Waals surface area contributed by atoms with Crippen molar-refractivity contribution in [1.82, 2.24) is 0 Å². The first-order valence-corrected chi connectivity index (χ1v) is 4.46. The van der Waals surface area contributed by atoms with Crippen LogP contribution in [0.15, 0.2) is 11.5 Å². The Balaban J connectivity index is 2.45. The summed E-state index contributed by atoms with van der Waals surface area (Å²) < 4.78 is 0.789. The molecule has 2 atom stereocenters. The van der Waals surface area contributed by atoms with Crippen molar-refractivity contribution in [2.45, 2.75) is 10.2 Å². The minimum Gasteiger partial charge on any atom is -0.120 e. The van der Waals surface area contributed by atoms with E-state index in [1.807, 2.05) is 11.8 Å². The van der Waals surface area contributed by atoms with Crippen molar-refractivity contribution in [3.63, 3.8) is 0 Å². The number of hydrogen-bond donors (Lipinski definition) is 0. The van der Waals surface area contributed by atoms with E-state index >= 15 is 0 Å². The predicted octanol–water partition coefficient (Wildman–Crippen LogP) is 2.64. The van der Waals surface area contributed by atoms with Crippen LogP contribution < -0.4 is 0 Å². The zero-order valence-corrected chi connectivity index (χ0v) is 7.07. The van der Waals surface area contributed by atoms with Crippen LogP contribution in [0.1, 0.15) is 6.92 Å². The fourth-order valence-electron chi connectivity index (χ4n) is 0.456. The van der Waals surface area contributed by atoms with Crippen LogP contribution in [0.5, 0.6) is 0 Å². The van der Waals surface area contributed by atoms with Crippen molar-refractivity contribution in [3.8, 4) is 0 Å². The lowest BCUT2D eigenvalue weighted by molar-refractivity contribution is 0.843. The van der Waals surface area contributed by atoms with E-state index in [4.69, 9.17) is 0 Å². The highest BCUT2D eigenvalue weighted by molar-refractivity contribution is 14.1. The molecule has 0 aliphatic carbocycles. The van der Waals surface area contributed by atoms with Crippen LogP contribution >= 0.6 is 34.4 Å². The lowest BCUT2D eigenvalue weighted by Gasteiger charge is -2.01. The Bertz CT molecular complexity index is 90.1. The molecule has 0 bridgehead atoms. The minimum atomic E-state index is 0.783. The van der Waals surface area contributed by atoms with E-state index in [9.17, 15) is 0 Å². The number of rotatable bonds is 0. The molecule has 0 spiro atoms. The fourth-order valence-corrected chi connectivity index (χ4v) is 2.03. The quantitative estimate of drug-likeness (QED) is 0.452. The van der Waals surface area contributed by atoms with Crippen LogP contribution in [0.2, 0.25) is 0 Å². The van der Waals surface area contributed by atoms with E-state index in [1.54, 1.807) is 0 Å². The third kappa shape index (κ3) is 1.35. The Morgan fingerprint density at radius 1 is 1.71 bits per heavy atom. The maximum absolute atomic E-state index is 2.46. The lowest BCUT2D eigenvalue weighted by atomic mass is 10.2. The maximum atomic E-state index is 2.46. The van der Waals surface area contributed by atoms with Crippen LogP contribution in [0.25, 0.3) is 0 Å². The summed E-state index contributed by atoms with van der Waals surface area (Å²) in [5, 5.41) is 2.18. The van der Waals surface area contributed by atoms with E-state index in [0.717, 1.165) is 9.17 Å². The van der Waals surface area contributed by atoms with Gasteiger partial charge in [0.1, 0.15) is 0 Å². The molecule has 0 N–H and O–H groups in total. The van der Waals surface area contributed by atoms with Crippen LogP contribution in [-0.4, -0.2) is 3.26 Å². The molecule has 40 valence electrons. The summed E-state index contributed by atoms with van der Waals surface area (Å²) in [6.45, 7) is 2.24. The van der Waals surface area contributed by atoms with Gasteiger partial charge in [-0.2, -0.15) is 0 Å². The topological polar surface area (TPSA) is 0 Å². The average molecular weight is 226 g/mol. The summed E-state index contributed by atoms with van der Waals surface area (Å²) in [4.78, 5) is 0. The highest BCUT2D eigenvalue weighted by Gasteiger charge is 2.14. The van der Waals surface area contributed by atoms with Crippen LogP contribution in [-0.2, 0) is 0 Å².